The molecule has 2 N–H and O–H groups in total. The molecule has 0 amide bonds. The van der Waals surface area contributed by atoms with Crippen molar-refractivity contribution < 1.29 is 14.6 Å². The molecule has 3 aromatic rings. The van der Waals surface area contributed by atoms with Crippen molar-refractivity contribution in [3.05, 3.63) is 86.8 Å². The van der Waals surface area contributed by atoms with Crippen molar-refractivity contribution in [2.45, 2.75) is 20.8 Å². The van der Waals surface area contributed by atoms with Gasteiger partial charge in [-0.2, -0.15) is 0 Å². The molecule has 0 unspecified atom stereocenters. The fourth-order valence-electron chi connectivity index (χ4n) is 3.80. The highest BCUT2D eigenvalue weighted by Crippen LogP contribution is 2.39. The molecule has 0 atom stereocenters. The van der Waals surface area contributed by atoms with Crippen LogP contribution in [0.5, 0.6) is 11.5 Å². The van der Waals surface area contributed by atoms with Crippen LogP contribution in [-0.2, 0) is 0 Å². The van der Waals surface area contributed by atoms with Crippen molar-refractivity contribution in [1.82, 2.24) is 0 Å². The Labute approximate surface area is 169 Å². The predicted octanol–water partition coefficient (Wildman–Crippen LogP) is 4.20. The fourth-order valence-corrected chi connectivity index (χ4v) is 3.80. The molecule has 4 heteroatoms. The number of nitrogens with one attached hydrogen (secondary N) is 1. The monoisotopic (exact) mass is 385 g/mol. The highest BCUT2D eigenvalue weighted by Gasteiger charge is 2.24. The third kappa shape index (κ3) is 3.17. The number of anilines is 1. The molecular formula is C25H23NO3. The fraction of sp³-hybridized carbons (Fsp3) is 0.160. The van der Waals surface area contributed by atoms with E-state index in [1.165, 1.54) is 0 Å². The largest absolute Gasteiger partial charge is 0.478 e. The molecule has 146 valence electrons. The molecule has 3 aromatic carbocycles. The van der Waals surface area contributed by atoms with Crippen LogP contribution < -0.4 is 20.5 Å². The summed E-state index contributed by atoms with van der Waals surface area (Å²) in [6, 6.07) is 15.1. The second kappa shape index (κ2) is 7.13. The minimum atomic E-state index is -0.950. The van der Waals surface area contributed by atoms with Gasteiger partial charge in [-0.1, -0.05) is 24.8 Å². The van der Waals surface area contributed by atoms with Gasteiger partial charge in [-0.3, -0.25) is 0 Å². The summed E-state index contributed by atoms with van der Waals surface area (Å²) in [5.41, 5.74) is 5.82. The van der Waals surface area contributed by atoms with E-state index in [-0.39, 0.29) is 5.56 Å². The first-order valence-corrected chi connectivity index (χ1v) is 9.64. The smallest absolute Gasteiger partial charge is 0.336 e. The summed E-state index contributed by atoms with van der Waals surface area (Å²) in [5, 5.41) is 14.9. The molecule has 1 heterocycles. The lowest BCUT2D eigenvalue weighted by Crippen LogP contribution is -2.22. The van der Waals surface area contributed by atoms with Gasteiger partial charge in [0.05, 0.1) is 5.56 Å². The van der Waals surface area contributed by atoms with Gasteiger partial charge in [-0.05, 0) is 66.9 Å². The number of hydrogen-bond acceptors (Lipinski definition) is 3. The van der Waals surface area contributed by atoms with E-state index in [2.05, 4.69) is 18.0 Å². The van der Waals surface area contributed by atoms with Gasteiger partial charge in [0.2, 0.25) is 0 Å². The van der Waals surface area contributed by atoms with E-state index in [1.54, 1.807) is 12.1 Å². The molecular weight excluding hydrogens is 362 g/mol. The number of carboxylic acids is 1. The normalized spacial score (nSPS) is 12.0. The van der Waals surface area contributed by atoms with Crippen LogP contribution in [0, 0.1) is 13.8 Å². The van der Waals surface area contributed by atoms with Crippen LogP contribution in [0.1, 0.15) is 39.5 Å². The van der Waals surface area contributed by atoms with Crippen LogP contribution in [0.15, 0.2) is 48.5 Å². The van der Waals surface area contributed by atoms with Crippen molar-refractivity contribution in [3.8, 4) is 11.5 Å². The van der Waals surface area contributed by atoms with E-state index < -0.39 is 5.97 Å². The summed E-state index contributed by atoms with van der Waals surface area (Å²) in [5.74, 6) is 0.446. The molecule has 0 saturated carbocycles. The van der Waals surface area contributed by atoms with Crippen LogP contribution >= 0.6 is 0 Å². The van der Waals surface area contributed by atoms with Crippen LogP contribution in [0.2, 0.25) is 0 Å². The summed E-state index contributed by atoms with van der Waals surface area (Å²) in [6.45, 7) is 11.0. The van der Waals surface area contributed by atoms with Gasteiger partial charge in [0.1, 0.15) is 11.5 Å². The van der Waals surface area contributed by atoms with E-state index in [0.717, 1.165) is 44.9 Å². The molecule has 0 aromatic heterocycles. The number of carboxylic acid groups (broad SMARTS) is 1. The summed E-state index contributed by atoms with van der Waals surface area (Å²) < 4.78 is 6.26. The number of aryl methyl sites for hydroxylation is 2. The Balaban J connectivity index is 2.14. The van der Waals surface area contributed by atoms with Crippen LogP contribution in [0.4, 0.5) is 5.69 Å². The van der Waals surface area contributed by atoms with Crippen molar-refractivity contribution in [2.75, 3.05) is 11.9 Å². The average Bonchev–Trinajstić information content (AvgIpc) is 2.69. The second-order valence-electron chi connectivity index (χ2n) is 7.30. The summed E-state index contributed by atoms with van der Waals surface area (Å²) in [6.07, 6.45) is 0. The van der Waals surface area contributed by atoms with Gasteiger partial charge in [-0.15, -0.1) is 0 Å². The Bertz CT molecular complexity index is 1260. The topological polar surface area (TPSA) is 58.6 Å². The highest BCUT2D eigenvalue weighted by molar-refractivity contribution is 5.98. The zero-order valence-electron chi connectivity index (χ0n) is 16.8. The van der Waals surface area contributed by atoms with E-state index in [0.29, 0.717) is 17.1 Å². The van der Waals surface area contributed by atoms with E-state index in [4.69, 9.17) is 4.74 Å². The number of fused-ring (bicyclic) bond motifs is 2. The van der Waals surface area contributed by atoms with Crippen molar-refractivity contribution in [2.24, 2.45) is 0 Å². The standard InChI is InChI=1S/C25H23NO3/c1-5-26-21-13-23-20(11-16(21)4)24(17-8-6-7-9-18(17)25(27)28)19-10-14(2)15(3)12-22(19)29-23/h6-13,26H,3,5H2,1-2,4H3,(H,27,28). The molecule has 1 aliphatic heterocycles. The minimum Gasteiger partial charge on any atom is -0.478 e. The number of carbonyl (C=O) groups is 1. The second-order valence-corrected chi connectivity index (χ2v) is 7.30. The maximum absolute atomic E-state index is 12.0. The Morgan fingerprint density at radius 2 is 1.79 bits per heavy atom. The summed E-state index contributed by atoms with van der Waals surface area (Å²) in [7, 11) is 0. The van der Waals surface area contributed by atoms with Crippen molar-refractivity contribution >= 4 is 23.8 Å². The average molecular weight is 385 g/mol. The summed E-state index contributed by atoms with van der Waals surface area (Å²) in [4.78, 5) is 12.0. The Morgan fingerprint density at radius 3 is 2.52 bits per heavy atom. The quantitative estimate of drug-likeness (QED) is 0.553. The third-order valence-corrected chi connectivity index (χ3v) is 5.32. The first-order chi connectivity index (χ1) is 13.9. The lowest BCUT2D eigenvalue weighted by atomic mass is 9.88. The van der Waals surface area contributed by atoms with Gasteiger partial charge in [-0.25, -0.2) is 4.79 Å². The molecule has 0 saturated heterocycles. The van der Waals surface area contributed by atoms with Crippen molar-refractivity contribution in [1.29, 1.82) is 0 Å². The van der Waals surface area contributed by atoms with Gasteiger partial charge >= 0.3 is 5.97 Å². The number of ether oxygens (including phenoxy) is 1. The Kier molecular flexibility index (Phi) is 4.63. The molecule has 29 heavy (non-hydrogen) atoms. The lowest BCUT2D eigenvalue weighted by Gasteiger charge is -2.24. The first kappa shape index (κ1) is 18.8. The minimum absolute atomic E-state index is 0.270. The number of hydrogen-bond donors (Lipinski definition) is 2. The summed E-state index contributed by atoms with van der Waals surface area (Å²) >= 11 is 0. The zero-order valence-corrected chi connectivity index (χ0v) is 16.8. The Morgan fingerprint density at radius 1 is 1.03 bits per heavy atom. The Hall–Kier alpha value is -3.53. The van der Waals surface area contributed by atoms with Gasteiger partial charge in [0.25, 0.3) is 0 Å². The molecule has 0 aliphatic carbocycles. The van der Waals surface area contributed by atoms with Crippen molar-refractivity contribution in [3.63, 3.8) is 0 Å². The van der Waals surface area contributed by atoms with Crippen LogP contribution in [0.3, 0.4) is 0 Å². The molecule has 0 fully saturated rings. The van der Waals surface area contributed by atoms with Gasteiger partial charge in [0, 0.05) is 34.7 Å². The van der Waals surface area contributed by atoms with E-state index in [9.17, 15) is 9.90 Å². The molecule has 0 radical (unpaired) electrons. The molecule has 0 bridgehead atoms. The van der Waals surface area contributed by atoms with E-state index in [1.807, 2.05) is 51.1 Å². The lowest BCUT2D eigenvalue weighted by molar-refractivity contribution is 0.0696. The molecule has 1 aliphatic rings. The SMILES string of the molecule is C=c1cc2c(cc1C)=C(c1ccccc1C(=O)O)c1cc(C)c(NCC)cc1O2. The van der Waals surface area contributed by atoms with E-state index >= 15 is 0 Å². The number of aromatic carboxylic acids is 1. The number of rotatable bonds is 4. The third-order valence-electron chi connectivity index (χ3n) is 5.32. The van der Waals surface area contributed by atoms with Gasteiger partial charge < -0.3 is 15.2 Å². The molecule has 4 rings (SSSR count). The molecule has 4 nitrogen and oxygen atoms in total. The molecule has 0 spiro atoms. The van der Waals surface area contributed by atoms with Crippen LogP contribution in [-0.4, -0.2) is 17.6 Å². The van der Waals surface area contributed by atoms with Crippen LogP contribution in [0.25, 0.3) is 12.2 Å². The first-order valence-electron chi connectivity index (χ1n) is 9.64. The number of benzene rings is 3. The highest BCUT2D eigenvalue weighted by atomic mass is 16.5. The predicted molar refractivity (Wildman–Crippen MR) is 116 cm³/mol. The maximum atomic E-state index is 12.0. The maximum Gasteiger partial charge on any atom is 0.336 e. The zero-order chi connectivity index (χ0) is 20.7. The van der Waals surface area contributed by atoms with Gasteiger partial charge in [0.15, 0.2) is 0 Å².